The monoisotopic (exact) mass is 381 g/mol. The van der Waals surface area contributed by atoms with E-state index in [1.807, 2.05) is 54.6 Å². The van der Waals surface area contributed by atoms with E-state index in [1.54, 1.807) is 7.11 Å². The van der Waals surface area contributed by atoms with E-state index in [9.17, 15) is 9.59 Å². The van der Waals surface area contributed by atoms with Crippen LogP contribution in [0.25, 0.3) is 22.0 Å². The fourth-order valence-electron chi connectivity index (χ4n) is 2.62. The van der Waals surface area contributed by atoms with Crippen LogP contribution in [0.1, 0.15) is 0 Å². The second kappa shape index (κ2) is 8.55. The second-order valence-electron chi connectivity index (χ2n) is 5.79. The van der Waals surface area contributed by atoms with Gasteiger partial charge in [0.25, 0.3) is 0 Å². The van der Waals surface area contributed by atoms with Gasteiger partial charge in [-0.25, -0.2) is 4.98 Å². The Balaban J connectivity index is 1.93. The van der Waals surface area contributed by atoms with Crippen LogP contribution in [0, 0.1) is 0 Å². The molecule has 1 heterocycles. The Hall–Kier alpha value is -3.06. The smallest absolute Gasteiger partial charge is 0.236 e. The Morgan fingerprint density at radius 3 is 2.63 bits per heavy atom. The number of pyridine rings is 1. The molecule has 0 fully saturated rings. The molecular weight excluding hydrogens is 362 g/mol. The molecule has 2 amide bonds. The average molecular weight is 381 g/mol. The fraction of sp³-hybridized carbons (Fsp3) is 0.150. The first-order chi connectivity index (χ1) is 13.1. The molecule has 3 rings (SSSR count). The molecule has 0 bridgehead atoms. The number of nitrogens with zero attached hydrogens (tertiary/aromatic N) is 1. The highest BCUT2D eigenvalue weighted by Crippen LogP contribution is 2.33. The number of carbonyl (C=O) groups excluding carboxylic acids is 2. The van der Waals surface area contributed by atoms with Crippen LogP contribution < -0.4 is 15.8 Å². The Morgan fingerprint density at radius 1 is 1.15 bits per heavy atom. The number of benzene rings is 2. The summed E-state index contributed by atoms with van der Waals surface area (Å²) in [6, 6.07) is 17.7. The molecule has 138 valence electrons. The van der Waals surface area contributed by atoms with Crippen LogP contribution in [0.4, 0.5) is 0 Å². The molecule has 0 saturated carbocycles. The SMILES string of the molecule is COc1ccc2c(-c3ccccc3)cc(SCC(=O)NCC(N)=O)nc2c1. The minimum Gasteiger partial charge on any atom is -0.497 e. The number of methoxy groups -OCH3 is 1. The number of fused-ring (bicyclic) bond motifs is 1. The number of primary amides is 1. The second-order valence-corrected chi connectivity index (χ2v) is 6.78. The van der Waals surface area contributed by atoms with E-state index >= 15 is 0 Å². The first-order valence-corrected chi connectivity index (χ1v) is 9.27. The highest BCUT2D eigenvalue weighted by molar-refractivity contribution is 7.99. The molecule has 3 aromatic rings. The molecule has 3 N–H and O–H groups in total. The fourth-order valence-corrected chi connectivity index (χ4v) is 3.36. The zero-order valence-corrected chi connectivity index (χ0v) is 15.6. The average Bonchev–Trinajstić information content (AvgIpc) is 2.70. The van der Waals surface area contributed by atoms with Crippen molar-refractivity contribution in [3.63, 3.8) is 0 Å². The molecule has 0 unspecified atom stereocenters. The minimum absolute atomic E-state index is 0.143. The number of hydrogen-bond acceptors (Lipinski definition) is 5. The Morgan fingerprint density at radius 2 is 1.93 bits per heavy atom. The van der Waals surface area contributed by atoms with Crippen molar-refractivity contribution in [1.82, 2.24) is 10.3 Å². The number of ether oxygens (including phenoxy) is 1. The lowest BCUT2D eigenvalue weighted by atomic mass is 10.0. The molecular formula is C20H19N3O3S. The highest BCUT2D eigenvalue weighted by Gasteiger charge is 2.11. The van der Waals surface area contributed by atoms with Gasteiger partial charge < -0.3 is 15.8 Å². The van der Waals surface area contributed by atoms with Gasteiger partial charge in [0.15, 0.2) is 0 Å². The number of rotatable bonds is 7. The lowest BCUT2D eigenvalue weighted by Crippen LogP contribution is -2.34. The predicted molar refractivity (Wildman–Crippen MR) is 107 cm³/mol. The van der Waals surface area contributed by atoms with Crippen LogP contribution in [0.5, 0.6) is 5.75 Å². The van der Waals surface area contributed by atoms with Gasteiger partial charge in [-0.2, -0.15) is 0 Å². The first kappa shape index (κ1) is 18.7. The van der Waals surface area contributed by atoms with Crippen molar-refractivity contribution < 1.29 is 14.3 Å². The van der Waals surface area contributed by atoms with E-state index in [0.29, 0.717) is 5.03 Å². The summed E-state index contributed by atoms with van der Waals surface area (Å²) in [6.07, 6.45) is 0. The predicted octanol–water partition coefficient (Wildman–Crippen LogP) is 2.60. The van der Waals surface area contributed by atoms with Gasteiger partial charge in [0, 0.05) is 11.5 Å². The number of nitrogens with two attached hydrogens (primary N) is 1. The molecule has 6 nitrogen and oxygen atoms in total. The number of nitrogens with one attached hydrogen (secondary N) is 1. The van der Waals surface area contributed by atoms with Gasteiger partial charge in [0.1, 0.15) is 5.75 Å². The summed E-state index contributed by atoms with van der Waals surface area (Å²) >= 11 is 1.30. The summed E-state index contributed by atoms with van der Waals surface area (Å²) in [5.41, 5.74) is 7.92. The minimum atomic E-state index is -0.573. The van der Waals surface area contributed by atoms with Crippen LogP contribution in [0.2, 0.25) is 0 Å². The summed E-state index contributed by atoms with van der Waals surface area (Å²) in [4.78, 5) is 27.3. The molecule has 0 atom stereocenters. The molecule has 0 radical (unpaired) electrons. The zero-order valence-electron chi connectivity index (χ0n) is 14.8. The van der Waals surface area contributed by atoms with E-state index in [4.69, 9.17) is 10.5 Å². The van der Waals surface area contributed by atoms with Crippen molar-refractivity contribution in [2.75, 3.05) is 19.4 Å². The highest BCUT2D eigenvalue weighted by atomic mass is 32.2. The van der Waals surface area contributed by atoms with E-state index in [0.717, 1.165) is 27.8 Å². The Kier molecular flexibility index (Phi) is 5.93. The van der Waals surface area contributed by atoms with Gasteiger partial charge in [-0.05, 0) is 29.3 Å². The van der Waals surface area contributed by atoms with Crippen LogP contribution in [-0.4, -0.2) is 36.2 Å². The third-order valence-corrected chi connectivity index (χ3v) is 4.80. The number of carbonyl (C=O) groups is 2. The molecule has 0 saturated heterocycles. The van der Waals surface area contributed by atoms with Crippen molar-refractivity contribution in [3.8, 4) is 16.9 Å². The molecule has 0 aliphatic heterocycles. The van der Waals surface area contributed by atoms with Crippen molar-refractivity contribution in [3.05, 3.63) is 54.6 Å². The maximum atomic E-state index is 11.9. The third-order valence-electron chi connectivity index (χ3n) is 3.89. The first-order valence-electron chi connectivity index (χ1n) is 8.29. The maximum Gasteiger partial charge on any atom is 0.236 e. The lowest BCUT2D eigenvalue weighted by molar-refractivity contribution is -0.123. The van der Waals surface area contributed by atoms with Gasteiger partial charge in [0.05, 0.1) is 30.0 Å². The van der Waals surface area contributed by atoms with Crippen molar-refractivity contribution in [1.29, 1.82) is 0 Å². The van der Waals surface area contributed by atoms with Crippen LogP contribution in [0.3, 0.4) is 0 Å². The van der Waals surface area contributed by atoms with E-state index in [1.165, 1.54) is 11.8 Å². The van der Waals surface area contributed by atoms with E-state index in [-0.39, 0.29) is 18.2 Å². The van der Waals surface area contributed by atoms with Crippen LogP contribution in [0.15, 0.2) is 59.6 Å². The molecule has 1 aromatic heterocycles. The van der Waals surface area contributed by atoms with Gasteiger partial charge in [0.2, 0.25) is 11.8 Å². The zero-order chi connectivity index (χ0) is 19.2. The van der Waals surface area contributed by atoms with Crippen molar-refractivity contribution in [2.45, 2.75) is 5.03 Å². The van der Waals surface area contributed by atoms with Gasteiger partial charge in [-0.15, -0.1) is 0 Å². The number of hydrogen-bond donors (Lipinski definition) is 2. The lowest BCUT2D eigenvalue weighted by Gasteiger charge is -2.11. The standard InChI is InChI=1S/C20H19N3O3S/c1-26-14-7-8-15-16(13-5-3-2-4-6-13)10-20(23-17(15)9-14)27-12-19(25)22-11-18(21)24/h2-10H,11-12H2,1H3,(H2,21,24)(H,22,25). The Bertz CT molecular complexity index is 977. The van der Waals surface area contributed by atoms with Crippen molar-refractivity contribution in [2.24, 2.45) is 5.73 Å². The summed E-state index contributed by atoms with van der Waals surface area (Å²) in [5, 5.41) is 4.19. The molecule has 7 heteroatoms. The van der Waals surface area contributed by atoms with Gasteiger partial charge >= 0.3 is 0 Å². The molecule has 2 aromatic carbocycles. The van der Waals surface area contributed by atoms with E-state index in [2.05, 4.69) is 10.3 Å². The van der Waals surface area contributed by atoms with Gasteiger partial charge in [-0.1, -0.05) is 42.1 Å². The number of aromatic nitrogens is 1. The van der Waals surface area contributed by atoms with E-state index < -0.39 is 5.91 Å². The molecule has 27 heavy (non-hydrogen) atoms. The summed E-state index contributed by atoms with van der Waals surface area (Å²) in [7, 11) is 1.61. The summed E-state index contributed by atoms with van der Waals surface area (Å²) in [6.45, 7) is -0.170. The molecule has 0 spiro atoms. The quantitative estimate of drug-likeness (QED) is 0.614. The summed E-state index contributed by atoms with van der Waals surface area (Å²) < 4.78 is 5.31. The number of amides is 2. The summed E-state index contributed by atoms with van der Waals surface area (Å²) in [5.74, 6) is 0.0165. The molecule has 0 aliphatic carbocycles. The topological polar surface area (TPSA) is 94.3 Å². The van der Waals surface area contributed by atoms with Crippen molar-refractivity contribution >= 4 is 34.5 Å². The largest absolute Gasteiger partial charge is 0.497 e. The van der Waals surface area contributed by atoms with Crippen LogP contribution in [-0.2, 0) is 9.59 Å². The normalized spacial score (nSPS) is 10.6. The maximum absolute atomic E-state index is 11.9. The number of thioether (sulfide) groups is 1. The molecule has 0 aliphatic rings. The Labute approximate surface area is 161 Å². The van der Waals surface area contributed by atoms with Gasteiger partial charge in [-0.3, -0.25) is 9.59 Å². The van der Waals surface area contributed by atoms with Crippen LogP contribution >= 0.6 is 11.8 Å². The third kappa shape index (κ3) is 4.77.